The molecule has 0 fully saturated rings. The number of carbonyl (C=O) groups is 1. The fourth-order valence-corrected chi connectivity index (χ4v) is 4.37. The predicted molar refractivity (Wildman–Crippen MR) is 145 cm³/mol. The van der Waals surface area contributed by atoms with E-state index in [0.29, 0.717) is 12.2 Å². The number of thioether (sulfide) groups is 1. The highest BCUT2D eigenvalue weighted by Crippen LogP contribution is 2.25. The van der Waals surface area contributed by atoms with Crippen LogP contribution in [0.4, 0.5) is 5.69 Å². The molecule has 0 aliphatic rings. The van der Waals surface area contributed by atoms with Gasteiger partial charge in [-0.25, -0.2) is 4.68 Å². The van der Waals surface area contributed by atoms with Gasteiger partial charge in [0.05, 0.1) is 17.4 Å². The van der Waals surface area contributed by atoms with Gasteiger partial charge in [0, 0.05) is 24.5 Å². The number of aryl methyl sites for hydroxylation is 1. The van der Waals surface area contributed by atoms with Crippen LogP contribution in [-0.2, 0) is 6.54 Å². The zero-order chi connectivity index (χ0) is 24.6. The molecule has 0 saturated carbocycles. The Bertz CT molecular complexity index is 1270. The Morgan fingerprint density at radius 1 is 1.00 bits per heavy atom. The zero-order valence-corrected chi connectivity index (χ0v) is 20.9. The van der Waals surface area contributed by atoms with Gasteiger partial charge in [-0.05, 0) is 60.2 Å². The minimum atomic E-state index is -0.215. The predicted octanol–water partition coefficient (Wildman–Crippen LogP) is 4.93. The molecule has 35 heavy (non-hydrogen) atoms. The Labute approximate surface area is 210 Å². The van der Waals surface area contributed by atoms with Crippen LogP contribution >= 0.6 is 11.8 Å². The molecule has 0 saturated heterocycles. The Morgan fingerprint density at radius 2 is 1.77 bits per heavy atom. The van der Waals surface area contributed by atoms with Crippen molar-refractivity contribution >= 4 is 23.4 Å². The van der Waals surface area contributed by atoms with Crippen molar-refractivity contribution in [3.8, 4) is 5.69 Å². The molecule has 0 aliphatic carbocycles. The van der Waals surface area contributed by atoms with Crippen LogP contribution in [0.1, 0.15) is 38.9 Å². The first-order chi connectivity index (χ1) is 17.1. The highest BCUT2D eigenvalue weighted by atomic mass is 32.2. The fraction of sp³-hybridized carbons (Fsp3) is 0.214. The summed E-state index contributed by atoms with van der Waals surface area (Å²) < 4.78 is 1.67. The molecule has 1 heterocycles. The Balaban J connectivity index is 1.59. The number of nitrogens with zero attached hydrogens (tertiary/aromatic N) is 2. The summed E-state index contributed by atoms with van der Waals surface area (Å²) in [6.07, 6.45) is 2.11. The van der Waals surface area contributed by atoms with Crippen molar-refractivity contribution in [1.82, 2.24) is 15.1 Å². The van der Waals surface area contributed by atoms with Gasteiger partial charge in [-0.2, -0.15) is 16.9 Å². The van der Waals surface area contributed by atoms with Gasteiger partial charge < -0.3 is 16.4 Å². The van der Waals surface area contributed by atoms with Gasteiger partial charge in [0.25, 0.3) is 5.91 Å². The standard InChI is InChI=1S/C28H31N5OS/c1-20-16-26(33(32-20)25-13-6-8-21(17-25)19-29)28(34)31-24-12-7-11-23(18-24)27(30-14-15-35-2)22-9-4-3-5-10-22/h3-13,16-18,27,30H,14-15,19,29H2,1-2H3,(H,31,34). The molecular formula is C28H31N5OS. The van der Waals surface area contributed by atoms with E-state index in [1.54, 1.807) is 10.7 Å². The maximum Gasteiger partial charge on any atom is 0.274 e. The van der Waals surface area contributed by atoms with Gasteiger partial charge in [-0.3, -0.25) is 4.79 Å². The molecule has 6 nitrogen and oxygen atoms in total. The number of aromatic nitrogens is 2. The lowest BCUT2D eigenvalue weighted by Gasteiger charge is -2.20. The van der Waals surface area contributed by atoms with Crippen molar-refractivity contribution in [3.05, 3.63) is 113 Å². The smallest absolute Gasteiger partial charge is 0.274 e. The van der Waals surface area contributed by atoms with E-state index < -0.39 is 0 Å². The summed E-state index contributed by atoms with van der Waals surface area (Å²) in [5.41, 5.74) is 11.9. The van der Waals surface area contributed by atoms with Crippen LogP contribution in [0, 0.1) is 6.92 Å². The van der Waals surface area contributed by atoms with Crippen LogP contribution < -0.4 is 16.4 Å². The number of amides is 1. The Hall–Kier alpha value is -3.39. The third kappa shape index (κ3) is 6.19. The minimum absolute atomic E-state index is 0.0342. The molecule has 0 bridgehead atoms. The van der Waals surface area contributed by atoms with Crippen LogP contribution in [0.5, 0.6) is 0 Å². The molecule has 0 spiro atoms. The van der Waals surface area contributed by atoms with E-state index in [1.165, 1.54) is 5.56 Å². The van der Waals surface area contributed by atoms with Crippen molar-refractivity contribution in [1.29, 1.82) is 0 Å². The maximum absolute atomic E-state index is 13.3. The highest BCUT2D eigenvalue weighted by Gasteiger charge is 2.18. The van der Waals surface area contributed by atoms with Gasteiger partial charge in [-0.15, -0.1) is 0 Å². The summed E-state index contributed by atoms with van der Waals surface area (Å²) in [6, 6.07) is 28.0. The van der Waals surface area contributed by atoms with E-state index >= 15 is 0 Å². The van der Waals surface area contributed by atoms with Crippen LogP contribution in [0.3, 0.4) is 0 Å². The lowest BCUT2D eigenvalue weighted by atomic mass is 9.98. The van der Waals surface area contributed by atoms with E-state index in [-0.39, 0.29) is 11.9 Å². The molecule has 4 rings (SSSR count). The van der Waals surface area contributed by atoms with Gasteiger partial charge in [0.1, 0.15) is 5.69 Å². The third-order valence-corrected chi connectivity index (χ3v) is 6.33. The van der Waals surface area contributed by atoms with Crippen molar-refractivity contribution in [3.63, 3.8) is 0 Å². The van der Waals surface area contributed by atoms with Gasteiger partial charge >= 0.3 is 0 Å². The summed E-state index contributed by atoms with van der Waals surface area (Å²) in [5, 5.41) is 11.3. The molecule has 4 aromatic rings. The largest absolute Gasteiger partial charge is 0.326 e. The quantitative estimate of drug-likeness (QED) is 0.277. The molecule has 1 unspecified atom stereocenters. The van der Waals surface area contributed by atoms with Gasteiger partial charge in [0.2, 0.25) is 0 Å². The van der Waals surface area contributed by atoms with Crippen molar-refractivity contribution in [2.45, 2.75) is 19.5 Å². The van der Waals surface area contributed by atoms with E-state index in [4.69, 9.17) is 5.73 Å². The van der Waals surface area contributed by atoms with Crippen LogP contribution in [0.2, 0.25) is 0 Å². The number of rotatable bonds is 10. The number of hydrogen-bond donors (Lipinski definition) is 3. The molecule has 1 atom stereocenters. The summed E-state index contributed by atoms with van der Waals surface area (Å²) in [4.78, 5) is 13.3. The first-order valence-electron chi connectivity index (χ1n) is 11.6. The molecule has 0 radical (unpaired) electrons. The summed E-state index contributed by atoms with van der Waals surface area (Å²) >= 11 is 1.81. The summed E-state index contributed by atoms with van der Waals surface area (Å²) in [6.45, 7) is 3.19. The van der Waals surface area contributed by atoms with E-state index in [2.05, 4.69) is 40.2 Å². The minimum Gasteiger partial charge on any atom is -0.326 e. The first kappa shape index (κ1) is 24.7. The first-order valence-corrected chi connectivity index (χ1v) is 13.0. The number of carbonyl (C=O) groups excluding carboxylic acids is 1. The van der Waals surface area contributed by atoms with E-state index in [1.807, 2.05) is 79.3 Å². The maximum atomic E-state index is 13.3. The highest BCUT2D eigenvalue weighted by molar-refractivity contribution is 7.98. The normalized spacial score (nSPS) is 11.9. The topological polar surface area (TPSA) is 85.0 Å². The van der Waals surface area contributed by atoms with Crippen molar-refractivity contribution < 1.29 is 4.79 Å². The molecule has 3 aromatic carbocycles. The molecule has 1 aromatic heterocycles. The van der Waals surface area contributed by atoms with Gasteiger partial charge in [0.15, 0.2) is 0 Å². The Morgan fingerprint density at radius 3 is 2.54 bits per heavy atom. The zero-order valence-electron chi connectivity index (χ0n) is 20.1. The monoisotopic (exact) mass is 485 g/mol. The van der Waals surface area contributed by atoms with Crippen molar-refractivity contribution in [2.24, 2.45) is 5.73 Å². The molecule has 4 N–H and O–H groups in total. The van der Waals surface area contributed by atoms with Crippen LogP contribution in [-0.4, -0.2) is 34.2 Å². The van der Waals surface area contributed by atoms with Gasteiger partial charge in [-0.1, -0.05) is 54.6 Å². The second-order valence-corrected chi connectivity index (χ2v) is 9.31. The average molecular weight is 486 g/mol. The second kappa shape index (κ2) is 11.8. The molecule has 7 heteroatoms. The van der Waals surface area contributed by atoms with Crippen molar-refractivity contribution in [2.75, 3.05) is 23.9 Å². The fourth-order valence-electron chi connectivity index (χ4n) is 4.04. The van der Waals surface area contributed by atoms with Crippen LogP contribution in [0.25, 0.3) is 5.69 Å². The number of nitrogens with one attached hydrogen (secondary N) is 2. The lowest BCUT2D eigenvalue weighted by Crippen LogP contribution is -2.25. The molecular weight excluding hydrogens is 454 g/mol. The molecule has 1 amide bonds. The lowest BCUT2D eigenvalue weighted by molar-refractivity contribution is 0.101. The van der Waals surface area contributed by atoms with Crippen LogP contribution in [0.15, 0.2) is 84.9 Å². The summed E-state index contributed by atoms with van der Waals surface area (Å²) in [5.74, 6) is 0.807. The average Bonchev–Trinajstić information content (AvgIpc) is 3.29. The number of hydrogen-bond acceptors (Lipinski definition) is 5. The third-order valence-electron chi connectivity index (χ3n) is 5.72. The molecule has 0 aliphatic heterocycles. The second-order valence-electron chi connectivity index (χ2n) is 8.33. The number of anilines is 1. The number of nitrogens with two attached hydrogens (primary N) is 1. The van der Waals surface area contributed by atoms with E-state index in [0.717, 1.165) is 40.5 Å². The number of benzene rings is 3. The van der Waals surface area contributed by atoms with E-state index in [9.17, 15) is 4.79 Å². The summed E-state index contributed by atoms with van der Waals surface area (Å²) in [7, 11) is 0. The Kier molecular flexibility index (Phi) is 8.36. The molecule has 180 valence electrons. The SMILES string of the molecule is CSCCNC(c1ccccc1)c1cccc(NC(=O)c2cc(C)nn2-c2cccc(CN)c2)c1.